The molecular formula is C13H19N3O3S2. The number of carbonyl (C=O) groups excluding carboxylic acids is 1. The quantitative estimate of drug-likeness (QED) is 0.736. The number of hydrogen-bond acceptors (Lipinski definition) is 4. The molecule has 0 radical (unpaired) electrons. The maximum atomic E-state index is 12.5. The van der Waals surface area contributed by atoms with Gasteiger partial charge in [-0.25, -0.2) is 12.7 Å². The molecular weight excluding hydrogens is 310 g/mol. The summed E-state index contributed by atoms with van der Waals surface area (Å²) < 4.78 is 26.2. The van der Waals surface area contributed by atoms with Crippen LogP contribution in [0.3, 0.4) is 0 Å². The van der Waals surface area contributed by atoms with Crippen LogP contribution in [0.1, 0.15) is 17.5 Å². The lowest BCUT2D eigenvalue weighted by Crippen LogP contribution is -2.32. The molecule has 0 saturated heterocycles. The van der Waals surface area contributed by atoms with Crippen LogP contribution in [0.15, 0.2) is 23.1 Å². The van der Waals surface area contributed by atoms with Crippen molar-refractivity contribution in [2.24, 2.45) is 5.73 Å². The zero-order valence-electron chi connectivity index (χ0n) is 12.2. The topological polar surface area (TPSA) is 92.5 Å². The molecule has 8 heteroatoms. The van der Waals surface area contributed by atoms with E-state index < -0.39 is 10.0 Å². The average molecular weight is 329 g/mol. The number of benzene rings is 1. The molecule has 0 aliphatic heterocycles. The number of aryl methyl sites for hydroxylation is 1. The largest absolute Gasteiger partial charge is 0.389 e. The van der Waals surface area contributed by atoms with Crippen LogP contribution < -0.4 is 11.1 Å². The summed E-state index contributed by atoms with van der Waals surface area (Å²) in [5.74, 6) is -0.217. The molecule has 21 heavy (non-hydrogen) atoms. The third-order valence-electron chi connectivity index (χ3n) is 3.09. The standard InChI is InChI=1S/C13H19N3O3S2/c1-9-4-5-10(13(14)20)8-11(9)21(18,19)16(3)7-6-12(17)15-2/h4-5,8H,6-7H2,1-3H3,(H2,14,20)(H,15,17). The average Bonchev–Trinajstić information content (AvgIpc) is 2.44. The molecule has 0 aliphatic carbocycles. The maximum absolute atomic E-state index is 12.5. The second-order valence-electron chi connectivity index (χ2n) is 4.59. The Hall–Kier alpha value is -1.51. The van der Waals surface area contributed by atoms with E-state index in [0.717, 1.165) is 4.31 Å². The summed E-state index contributed by atoms with van der Waals surface area (Å²) in [6.07, 6.45) is 0.0975. The highest BCUT2D eigenvalue weighted by Crippen LogP contribution is 2.20. The summed E-state index contributed by atoms with van der Waals surface area (Å²) in [5, 5.41) is 2.45. The van der Waals surface area contributed by atoms with Gasteiger partial charge in [0, 0.05) is 32.6 Å². The summed E-state index contributed by atoms with van der Waals surface area (Å²) >= 11 is 4.87. The molecule has 0 fully saturated rings. The molecule has 0 bridgehead atoms. The molecule has 0 heterocycles. The molecule has 1 aromatic carbocycles. The van der Waals surface area contributed by atoms with Crippen molar-refractivity contribution in [3.8, 4) is 0 Å². The van der Waals surface area contributed by atoms with Crippen molar-refractivity contribution in [2.75, 3.05) is 20.6 Å². The summed E-state index contributed by atoms with van der Waals surface area (Å²) in [6.45, 7) is 1.79. The number of thiocarbonyl (C=S) groups is 1. The van der Waals surface area contributed by atoms with Gasteiger partial charge in [0.25, 0.3) is 0 Å². The Bertz CT molecular complexity index is 657. The van der Waals surface area contributed by atoms with Crippen LogP contribution in [0.25, 0.3) is 0 Å². The van der Waals surface area contributed by atoms with Crippen molar-refractivity contribution in [3.63, 3.8) is 0 Å². The summed E-state index contributed by atoms with van der Waals surface area (Å²) in [5.41, 5.74) is 6.63. The van der Waals surface area contributed by atoms with Crippen LogP contribution in [-0.4, -0.2) is 44.3 Å². The van der Waals surface area contributed by atoms with Gasteiger partial charge in [0.15, 0.2) is 0 Å². The Morgan fingerprint density at radius 2 is 2.05 bits per heavy atom. The predicted octanol–water partition coefficient (Wildman–Crippen LogP) is 0.386. The van der Waals surface area contributed by atoms with Crippen LogP contribution in [-0.2, 0) is 14.8 Å². The minimum atomic E-state index is -3.69. The van der Waals surface area contributed by atoms with Gasteiger partial charge in [0.2, 0.25) is 15.9 Å². The SMILES string of the molecule is CNC(=O)CCN(C)S(=O)(=O)c1cc(C(N)=S)ccc1C. The van der Waals surface area contributed by atoms with E-state index in [2.05, 4.69) is 5.32 Å². The van der Waals surface area contributed by atoms with Gasteiger partial charge >= 0.3 is 0 Å². The second kappa shape index (κ2) is 6.97. The fourth-order valence-corrected chi connectivity index (χ4v) is 3.25. The number of hydrogen-bond donors (Lipinski definition) is 2. The maximum Gasteiger partial charge on any atom is 0.243 e. The van der Waals surface area contributed by atoms with Crippen LogP contribution in [0.2, 0.25) is 0 Å². The van der Waals surface area contributed by atoms with Crippen molar-refractivity contribution in [1.82, 2.24) is 9.62 Å². The molecule has 116 valence electrons. The van der Waals surface area contributed by atoms with Crippen molar-refractivity contribution in [1.29, 1.82) is 0 Å². The Balaban J connectivity index is 3.09. The van der Waals surface area contributed by atoms with E-state index in [1.807, 2.05) is 0 Å². The van der Waals surface area contributed by atoms with E-state index >= 15 is 0 Å². The van der Waals surface area contributed by atoms with Gasteiger partial charge < -0.3 is 11.1 Å². The zero-order chi connectivity index (χ0) is 16.2. The highest BCUT2D eigenvalue weighted by Gasteiger charge is 2.23. The van der Waals surface area contributed by atoms with Gasteiger partial charge in [-0.2, -0.15) is 0 Å². The van der Waals surface area contributed by atoms with Gasteiger partial charge in [0.05, 0.1) is 4.90 Å². The zero-order valence-corrected chi connectivity index (χ0v) is 13.8. The molecule has 6 nitrogen and oxygen atoms in total. The van der Waals surface area contributed by atoms with Crippen molar-refractivity contribution >= 4 is 33.1 Å². The highest BCUT2D eigenvalue weighted by atomic mass is 32.2. The van der Waals surface area contributed by atoms with Gasteiger partial charge in [0.1, 0.15) is 4.99 Å². The second-order valence-corrected chi connectivity index (χ2v) is 7.05. The number of rotatable bonds is 6. The van der Waals surface area contributed by atoms with Gasteiger partial charge in [-0.3, -0.25) is 4.79 Å². The molecule has 0 aromatic heterocycles. The third kappa shape index (κ3) is 4.23. The van der Waals surface area contributed by atoms with E-state index in [1.165, 1.54) is 20.2 Å². The Morgan fingerprint density at radius 1 is 1.43 bits per heavy atom. The van der Waals surface area contributed by atoms with E-state index in [4.69, 9.17) is 18.0 Å². The smallest absolute Gasteiger partial charge is 0.243 e. The first-order valence-corrected chi connectivity index (χ1v) is 8.12. The lowest BCUT2D eigenvalue weighted by Gasteiger charge is -2.18. The monoisotopic (exact) mass is 329 g/mol. The molecule has 0 unspecified atom stereocenters. The van der Waals surface area contributed by atoms with Crippen molar-refractivity contribution in [3.05, 3.63) is 29.3 Å². The number of nitrogens with zero attached hydrogens (tertiary/aromatic N) is 1. The molecule has 0 saturated carbocycles. The summed E-state index contributed by atoms with van der Waals surface area (Å²) in [4.78, 5) is 11.5. The predicted molar refractivity (Wildman–Crippen MR) is 85.6 cm³/mol. The number of nitrogens with two attached hydrogens (primary N) is 1. The fraction of sp³-hybridized carbons (Fsp3) is 0.385. The Labute approximate surface area is 130 Å². The first-order chi connectivity index (χ1) is 9.70. The number of sulfonamides is 1. The molecule has 0 atom stereocenters. The van der Waals surface area contributed by atoms with Crippen LogP contribution in [0.5, 0.6) is 0 Å². The minimum absolute atomic E-state index is 0.0960. The van der Waals surface area contributed by atoms with Crippen molar-refractivity contribution < 1.29 is 13.2 Å². The lowest BCUT2D eigenvalue weighted by molar-refractivity contribution is -0.120. The molecule has 1 amide bonds. The van der Waals surface area contributed by atoms with Gasteiger partial charge in [-0.05, 0) is 18.6 Å². The minimum Gasteiger partial charge on any atom is -0.389 e. The third-order valence-corrected chi connectivity index (χ3v) is 5.33. The number of carbonyl (C=O) groups is 1. The first-order valence-electron chi connectivity index (χ1n) is 6.27. The Kier molecular flexibility index (Phi) is 5.82. The van der Waals surface area contributed by atoms with Crippen molar-refractivity contribution in [2.45, 2.75) is 18.2 Å². The molecule has 1 aromatic rings. The summed E-state index contributed by atoms with van der Waals surface area (Å²) in [6, 6.07) is 4.80. The molecule has 3 N–H and O–H groups in total. The normalized spacial score (nSPS) is 11.4. The first kappa shape index (κ1) is 17.5. The fourth-order valence-electron chi connectivity index (χ4n) is 1.70. The lowest BCUT2D eigenvalue weighted by atomic mass is 10.1. The number of amides is 1. The Morgan fingerprint density at radius 3 is 2.57 bits per heavy atom. The van der Waals surface area contributed by atoms with E-state index in [1.54, 1.807) is 19.1 Å². The van der Waals surface area contributed by atoms with Gasteiger partial charge in [-0.15, -0.1) is 0 Å². The highest BCUT2D eigenvalue weighted by molar-refractivity contribution is 7.89. The molecule has 0 aliphatic rings. The van der Waals surface area contributed by atoms with E-state index in [0.29, 0.717) is 11.1 Å². The number of nitrogens with one attached hydrogen (secondary N) is 1. The molecule has 1 rings (SSSR count). The van der Waals surface area contributed by atoms with E-state index in [-0.39, 0.29) is 28.8 Å². The van der Waals surface area contributed by atoms with Crippen LogP contribution >= 0.6 is 12.2 Å². The molecule has 0 spiro atoms. The van der Waals surface area contributed by atoms with Crippen LogP contribution in [0, 0.1) is 6.92 Å². The van der Waals surface area contributed by atoms with Gasteiger partial charge in [-0.1, -0.05) is 24.4 Å². The summed E-state index contributed by atoms with van der Waals surface area (Å²) in [7, 11) is -0.749. The van der Waals surface area contributed by atoms with E-state index in [9.17, 15) is 13.2 Å². The van der Waals surface area contributed by atoms with Crippen LogP contribution in [0.4, 0.5) is 0 Å².